The highest BCUT2D eigenvalue weighted by molar-refractivity contribution is 6.17. The number of hydrogen-bond acceptors (Lipinski definition) is 4. The number of allylic oxidation sites excluding steroid dienone is 1. The molecule has 0 radical (unpaired) electrons. The van der Waals surface area contributed by atoms with Gasteiger partial charge < -0.3 is 0 Å². The number of aryl methyl sites for hydroxylation is 1. The van der Waals surface area contributed by atoms with Crippen LogP contribution in [0.1, 0.15) is 47.1 Å². The second-order valence-corrected chi connectivity index (χ2v) is 7.09. The van der Waals surface area contributed by atoms with Gasteiger partial charge in [0.2, 0.25) is 23.5 Å². The smallest absolute Gasteiger partial charge is 0.230 e. The Bertz CT molecular complexity index is 1190. The molecule has 3 aromatic rings. The highest BCUT2D eigenvalue weighted by Gasteiger charge is 2.26. The van der Waals surface area contributed by atoms with Crippen LogP contribution in [0.2, 0.25) is 0 Å². The summed E-state index contributed by atoms with van der Waals surface area (Å²) in [6.45, 7) is 5.81. The van der Waals surface area contributed by atoms with Crippen LogP contribution in [0, 0.1) is 6.92 Å². The molecule has 0 aliphatic rings. The minimum Gasteiger partial charge on any atom is -0.287 e. The van der Waals surface area contributed by atoms with Gasteiger partial charge in [-0.2, -0.15) is 0 Å². The minimum absolute atomic E-state index is 0.0645. The number of amides is 2. The Balaban J connectivity index is 2.26. The summed E-state index contributed by atoms with van der Waals surface area (Å²) in [5.74, 6) is -1.78. The average molecular weight is 402 g/mol. The number of carbonyl (C=O) groups is 4. The van der Waals surface area contributed by atoms with Gasteiger partial charge in [0.15, 0.2) is 0 Å². The molecule has 0 saturated carbocycles. The first-order valence-corrected chi connectivity index (χ1v) is 9.46. The first-order valence-electron chi connectivity index (χ1n) is 9.46. The SMILES string of the molecule is CC(=O)N(C(C)=O)/C(=C/c1cn(C(C)=O)c2ccccc12)C(=O)c1ccc(C)cc1. The van der Waals surface area contributed by atoms with Gasteiger partial charge in [0.25, 0.3) is 0 Å². The number of benzene rings is 2. The Hall–Kier alpha value is -3.80. The molecule has 0 N–H and O–H groups in total. The van der Waals surface area contributed by atoms with Gasteiger partial charge >= 0.3 is 0 Å². The van der Waals surface area contributed by atoms with Gasteiger partial charge in [-0.25, -0.2) is 4.90 Å². The Kier molecular flexibility index (Phi) is 5.78. The molecule has 0 atom stereocenters. The van der Waals surface area contributed by atoms with E-state index < -0.39 is 17.6 Å². The van der Waals surface area contributed by atoms with Crippen molar-refractivity contribution < 1.29 is 19.2 Å². The summed E-state index contributed by atoms with van der Waals surface area (Å²) in [4.78, 5) is 50.7. The highest BCUT2D eigenvalue weighted by atomic mass is 16.2. The van der Waals surface area contributed by atoms with Crippen molar-refractivity contribution in [1.29, 1.82) is 0 Å². The van der Waals surface area contributed by atoms with Gasteiger partial charge in [-0.05, 0) is 19.1 Å². The molecule has 2 aromatic carbocycles. The summed E-state index contributed by atoms with van der Waals surface area (Å²) in [6.07, 6.45) is 3.10. The third-order valence-corrected chi connectivity index (χ3v) is 4.79. The van der Waals surface area contributed by atoms with Crippen molar-refractivity contribution in [3.8, 4) is 0 Å². The number of rotatable bonds is 4. The number of para-hydroxylation sites is 1. The number of carbonyl (C=O) groups excluding carboxylic acids is 4. The molecule has 6 heteroatoms. The predicted molar refractivity (Wildman–Crippen MR) is 115 cm³/mol. The molecular formula is C24H22N2O4. The van der Waals surface area contributed by atoms with Crippen LogP contribution < -0.4 is 0 Å². The maximum Gasteiger partial charge on any atom is 0.230 e. The van der Waals surface area contributed by atoms with E-state index >= 15 is 0 Å². The molecule has 0 aliphatic carbocycles. The third-order valence-electron chi connectivity index (χ3n) is 4.79. The van der Waals surface area contributed by atoms with Gasteiger partial charge in [-0.3, -0.25) is 23.7 Å². The second-order valence-electron chi connectivity index (χ2n) is 7.09. The van der Waals surface area contributed by atoms with E-state index in [4.69, 9.17) is 0 Å². The van der Waals surface area contributed by atoms with Crippen LogP contribution in [-0.4, -0.2) is 33.0 Å². The normalized spacial score (nSPS) is 11.4. The summed E-state index contributed by atoms with van der Waals surface area (Å²) in [7, 11) is 0. The molecule has 0 aliphatic heterocycles. The van der Waals surface area contributed by atoms with E-state index in [9.17, 15) is 19.2 Å². The molecule has 0 saturated heterocycles. The van der Waals surface area contributed by atoms with Gasteiger partial charge in [0.05, 0.1) is 5.52 Å². The minimum atomic E-state index is -0.565. The van der Waals surface area contributed by atoms with E-state index in [0.717, 1.165) is 15.8 Å². The fraction of sp³-hybridized carbons (Fsp3) is 0.167. The van der Waals surface area contributed by atoms with Gasteiger partial charge in [-0.15, -0.1) is 0 Å². The van der Waals surface area contributed by atoms with E-state index in [2.05, 4.69) is 0 Å². The zero-order valence-corrected chi connectivity index (χ0v) is 17.3. The lowest BCUT2D eigenvalue weighted by Crippen LogP contribution is -2.35. The topological polar surface area (TPSA) is 76.5 Å². The van der Waals surface area contributed by atoms with E-state index in [1.54, 1.807) is 36.5 Å². The van der Waals surface area contributed by atoms with E-state index in [1.165, 1.54) is 31.4 Å². The number of ketones is 1. The summed E-state index contributed by atoms with van der Waals surface area (Å²) in [5.41, 5.74) is 2.51. The third kappa shape index (κ3) is 3.98. The van der Waals surface area contributed by atoms with Crippen LogP contribution >= 0.6 is 0 Å². The van der Waals surface area contributed by atoms with Crippen LogP contribution in [0.5, 0.6) is 0 Å². The fourth-order valence-electron chi connectivity index (χ4n) is 3.37. The van der Waals surface area contributed by atoms with E-state index in [0.29, 0.717) is 16.6 Å². The molecule has 1 heterocycles. The second kappa shape index (κ2) is 8.29. The molecule has 2 amide bonds. The Morgan fingerprint density at radius 2 is 1.47 bits per heavy atom. The zero-order valence-electron chi connectivity index (χ0n) is 17.3. The maximum atomic E-state index is 13.3. The van der Waals surface area contributed by atoms with Crippen LogP contribution in [0.25, 0.3) is 17.0 Å². The van der Waals surface area contributed by atoms with Crippen molar-refractivity contribution in [2.75, 3.05) is 0 Å². The number of hydrogen-bond donors (Lipinski definition) is 0. The van der Waals surface area contributed by atoms with Crippen molar-refractivity contribution in [2.45, 2.75) is 27.7 Å². The molecule has 0 fully saturated rings. The summed E-state index contributed by atoms with van der Waals surface area (Å²) < 4.78 is 1.47. The first kappa shape index (κ1) is 20.9. The highest BCUT2D eigenvalue weighted by Crippen LogP contribution is 2.26. The summed E-state index contributed by atoms with van der Waals surface area (Å²) >= 11 is 0. The van der Waals surface area contributed by atoms with E-state index in [-0.39, 0.29) is 11.6 Å². The molecule has 0 unspecified atom stereocenters. The molecule has 0 bridgehead atoms. The molecule has 30 heavy (non-hydrogen) atoms. The molecular weight excluding hydrogens is 380 g/mol. The molecule has 0 spiro atoms. The van der Waals surface area contributed by atoms with Crippen molar-refractivity contribution in [2.24, 2.45) is 0 Å². The standard InChI is InChI=1S/C24H22N2O4/c1-15-9-11-19(12-10-15)24(30)23(26(17(3)28)18(4)29)13-20-14-25(16(2)27)22-8-6-5-7-21(20)22/h5-14H,1-4H3/b23-13+. The average Bonchev–Trinajstić information content (AvgIpc) is 3.06. The van der Waals surface area contributed by atoms with Gasteiger partial charge in [-0.1, -0.05) is 48.0 Å². The lowest BCUT2D eigenvalue weighted by atomic mass is 10.0. The number of nitrogens with zero attached hydrogens (tertiary/aromatic N) is 2. The predicted octanol–water partition coefficient (Wildman–Crippen LogP) is 4.23. The lowest BCUT2D eigenvalue weighted by molar-refractivity contribution is -0.139. The van der Waals surface area contributed by atoms with Crippen molar-refractivity contribution in [3.05, 3.63) is 77.1 Å². The quantitative estimate of drug-likeness (QED) is 0.483. The van der Waals surface area contributed by atoms with Crippen LogP contribution in [0.4, 0.5) is 0 Å². The van der Waals surface area contributed by atoms with Gasteiger partial charge in [0.1, 0.15) is 5.70 Å². The van der Waals surface area contributed by atoms with Crippen LogP contribution in [-0.2, 0) is 9.59 Å². The van der Waals surface area contributed by atoms with Gasteiger partial charge in [0, 0.05) is 43.5 Å². The number of fused-ring (bicyclic) bond motifs is 1. The lowest BCUT2D eigenvalue weighted by Gasteiger charge is -2.20. The number of imide groups is 1. The number of Topliss-reactive ketones (excluding diaryl/α,β-unsaturated/α-hetero) is 1. The Labute approximate surface area is 174 Å². The van der Waals surface area contributed by atoms with Crippen LogP contribution in [0.15, 0.2) is 60.4 Å². The van der Waals surface area contributed by atoms with Crippen LogP contribution in [0.3, 0.4) is 0 Å². The summed E-state index contributed by atoms with van der Waals surface area (Å²) in [5, 5.41) is 0.731. The maximum absolute atomic E-state index is 13.3. The molecule has 1 aromatic heterocycles. The van der Waals surface area contributed by atoms with Crippen molar-refractivity contribution >= 4 is 40.5 Å². The molecule has 3 rings (SSSR count). The first-order chi connectivity index (χ1) is 14.2. The molecule has 152 valence electrons. The number of aromatic nitrogens is 1. The monoisotopic (exact) mass is 402 g/mol. The Morgan fingerprint density at radius 1 is 0.867 bits per heavy atom. The summed E-state index contributed by atoms with van der Waals surface area (Å²) in [6, 6.07) is 14.1. The largest absolute Gasteiger partial charge is 0.287 e. The zero-order chi connectivity index (χ0) is 22.0. The molecule has 6 nitrogen and oxygen atoms in total. The Morgan fingerprint density at radius 3 is 2.03 bits per heavy atom. The van der Waals surface area contributed by atoms with Crippen molar-refractivity contribution in [3.63, 3.8) is 0 Å². The van der Waals surface area contributed by atoms with E-state index in [1.807, 2.05) is 25.1 Å². The van der Waals surface area contributed by atoms with Crippen molar-refractivity contribution in [1.82, 2.24) is 9.47 Å². The fourth-order valence-corrected chi connectivity index (χ4v) is 3.37.